The highest BCUT2D eigenvalue weighted by molar-refractivity contribution is 7.61. The van der Waals surface area contributed by atoms with Gasteiger partial charge in [-0.3, -0.25) is 4.57 Å². The smallest absolute Gasteiger partial charge is 0.320 e. The van der Waals surface area contributed by atoms with Crippen LogP contribution in [-0.2, 0) is 20.2 Å². The second-order valence-corrected chi connectivity index (χ2v) is 6.09. The van der Waals surface area contributed by atoms with Gasteiger partial charge in [0, 0.05) is 18.9 Å². The summed E-state index contributed by atoms with van der Waals surface area (Å²) in [4.78, 5) is 4.17. The van der Waals surface area contributed by atoms with Gasteiger partial charge in [0.1, 0.15) is 0 Å². The van der Waals surface area contributed by atoms with Crippen molar-refractivity contribution < 1.29 is 13.6 Å². The van der Waals surface area contributed by atoms with Crippen LogP contribution in [0.4, 0.5) is 0 Å². The summed E-state index contributed by atoms with van der Waals surface area (Å²) in [6.07, 6.45) is 3.40. The largest absolute Gasteiger partial charge is 0.396 e. The minimum absolute atomic E-state index is 0.315. The Morgan fingerprint density at radius 2 is 1.80 bits per heavy atom. The summed E-state index contributed by atoms with van der Waals surface area (Å²) in [6.45, 7) is 4.79. The first-order valence-electron chi connectivity index (χ1n) is 6.64. The van der Waals surface area contributed by atoms with Gasteiger partial charge in [-0.05, 0) is 19.4 Å². The monoisotopic (exact) mass is 294 g/mol. The quantitative estimate of drug-likeness (QED) is 0.737. The van der Waals surface area contributed by atoms with Crippen molar-refractivity contribution in [3.63, 3.8) is 0 Å². The van der Waals surface area contributed by atoms with Crippen molar-refractivity contribution in [2.45, 2.75) is 20.4 Å². The van der Waals surface area contributed by atoms with Crippen molar-refractivity contribution in [2.75, 3.05) is 13.2 Å². The van der Waals surface area contributed by atoms with E-state index in [0.717, 1.165) is 5.56 Å². The second-order valence-electron chi connectivity index (χ2n) is 4.17. The zero-order chi connectivity index (χ0) is 14.4. The summed E-state index contributed by atoms with van der Waals surface area (Å²) in [5, 5.41) is 0. The molecule has 0 unspecified atom stereocenters. The van der Waals surface area contributed by atoms with E-state index < -0.39 is 7.60 Å². The summed E-state index contributed by atoms with van der Waals surface area (Å²) in [7, 11) is -3.35. The van der Waals surface area contributed by atoms with E-state index in [9.17, 15) is 4.57 Å². The van der Waals surface area contributed by atoms with Crippen LogP contribution < -0.4 is 5.57 Å². The fourth-order valence-electron chi connectivity index (χ4n) is 1.95. The van der Waals surface area contributed by atoms with Crippen LogP contribution in [0.15, 0.2) is 42.7 Å². The van der Waals surface area contributed by atoms with Gasteiger partial charge in [-0.1, -0.05) is 30.3 Å². The lowest BCUT2D eigenvalue weighted by atomic mass is 10.2. The maximum absolute atomic E-state index is 12.8. The van der Waals surface area contributed by atoms with Crippen molar-refractivity contribution in [2.24, 2.45) is 0 Å². The second kappa shape index (κ2) is 6.84. The summed E-state index contributed by atoms with van der Waals surface area (Å²) in [5.74, 6) is 0. The summed E-state index contributed by atoms with van der Waals surface area (Å²) < 4.78 is 25.3. The van der Waals surface area contributed by atoms with E-state index in [1.807, 2.05) is 30.3 Å². The number of nitrogens with zero attached hydrogens (tertiary/aromatic N) is 2. The molecule has 6 heteroatoms. The summed E-state index contributed by atoms with van der Waals surface area (Å²) in [6, 6.07) is 9.92. The first kappa shape index (κ1) is 15.0. The molecule has 0 atom stereocenters. The lowest BCUT2D eigenvalue weighted by Crippen LogP contribution is -2.22. The minimum atomic E-state index is -3.35. The fraction of sp³-hybridized carbons (Fsp3) is 0.357. The van der Waals surface area contributed by atoms with Crippen molar-refractivity contribution in [3.05, 3.63) is 48.3 Å². The Hall–Kier alpha value is -1.42. The molecule has 0 aliphatic rings. The van der Waals surface area contributed by atoms with Crippen LogP contribution in [-0.4, -0.2) is 22.8 Å². The Morgan fingerprint density at radius 3 is 2.40 bits per heavy atom. The SMILES string of the molecule is CCOP(=O)(OCC)c1nccn1Cc1ccccc1. The maximum Gasteiger partial charge on any atom is 0.396 e. The Kier molecular flexibility index (Phi) is 5.12. The zero-order valence-corrected chi connectivity index (χ0v) is 12.6. The van der Waals surface area contributed by atoms with Gasteiger partial charge in [-0.2, -0.15) is 0 Å². The van der Waals surface area contributed by atoms with Crippen molar-refractivity contribution >= 4 is 13.2 Å². The average Bonchev–Trinajstić information content (AvgIpc) is 2.89. The van der Waals surface area contributed by atoms with E-state index >= 15 is 0 Å². The molecule has 1 aromatic heterocycles. The molecule has 0 radical (unpaired) electrons. The highest BCUT2D eigenvalue weighted by Crippen LogP contribution is 2.46. The third-order valence-electron chi connectivity index (χ3n) is 2.73. The standard InChI is InChI=1S/C14H19N2O3P/c1-3-18-20(17,19-4-2)14-15-10-11-16(14)12-13-8-6-5-7-9-13/h5-11H,3-4,12H2,1-2H3. The molecule has 0 bridgehead atoms. The number of imidazole rings is 1. The topological polar surface area (TPSA) is 53.4 Å². The molecule has 108 valence electrons. The minimum Gasteiger partial charge on any atom is -0.320 e. The third kappa shape index (κ3) is 3.37. The molecule has 5 nitrogen and oxygen atoms in total. The first-order chi connectivity index (χ1) is 9.69. The fourth-order valence-corrected chi connectivity index (χ4v) is 3.59. The van der Waals surface area contributed by atoms with Crippen LogP contribution in [0.3, 0.4) is 0 Å². The first-order valence-corrected chi connectivity index (χ1v) is 8.18. The molecular formula is C14H19N2O3P. The highest BCUT2D eigenvalue weighted by atomic mass is 31.2. The Labute approximate surface area is 119 Å². The molecule has 0 aliphatic carbocycles. The van der Waals surface area contributed by atoms with Gasteiger partial charge in [0.05, 0.1) is 13.2 Å². The van der Waals surface area contributed by atoms with Crippen LogP contribution in [0.25, 0.3) is 0 Å². The Bertz CT molecular complexity index is 573. The van der Waals surface area contributed by atoms with Crippen LogP contribution in [0, 0.1) is 0 Å². The van der Waals surface area contributed by atoms with Crippen molar-refractivity contribution in [1.29, 1.82) is 0 Å². The molecule has 0 amide bonds. The highest BCUT2D eigenvalue weighted by Gasteiger charge is 2.31. The number of hydrogen-bond donors (Lipinski definition) is 0. The molecular weight excluding hydrogens is 275 g/mol. The number of aromatic nitrogens is 2. The van der Waals surface area contributed by atoms with Crippen LogP contribution in [0.2, 0.25) is 0 Å². The molecule has 0 aliphatic heterocycles. The molecule has 0 N–H and O–H groups in total. The average molecular weight is 294 g/mol. The van der Waals surface area contributed by atoms with Crippen molar-refractivity contribution in [1.82, 2.24) is 9.55 Å². The van der Waals surface area contributed by atoms with Gasteiger partial charge in [-0.15, -0.1) is 0 Å². The van der Waals surface area contributed by atoms with Crippen LogP contribution in [0.5, 0.6) is 0 Å². The lowest BCUT2D eigenvalue weighted by Gasteiger charge is -2.17. The molecule has 2 rings (SSSR count). The number of rotatable bonds is 7. The van der Waals surface area contributed by atoms with Crippen molar-refractivity contribution in [3.8, 4) is 0 Å². The lowest BCUT2D eigenvalue weighted by molar-refractivity contribution is 0.228. The molecule has 0 saturated carbocycles. The molecule has 2 aromatic rings. The molecule has 1 heterocycles. The summed E-state index contributed by atoms with van der Waals surface area (Å²) >= 11 is 0. The van der Waals surface area contributed by atoms with E-state index in [1.165, 1.54) is 0 Å². The van der Waals surface area contributed by atoms with Gasteiger partial charge >= 0.3 is 7.60 Å². The predicted octanol–water partition coefficient (Wildman–Crippen LogP) is 2.82. The molecule has 0 fully saturated rings. The van der Waals surface area contributed by atoms with E-state index in [1.54, 1.807) is 30.8 Å². The van der Waals surface area contributed by atoms with E-state index in [4.69, 9.17) is 9.05 Å². The maximum atomic E-state index is 12.8. The van der Waals surface area contributed by atoms with E-state index in [0.29, 0.717) is 25.3 Å². The summed E-state index contributed by atoms with van der Waals surface area (Å²) in [5.41, 5.74) is 1.45. The number of hydrogen-bond acceptors (Lipinski definition) is 4. The third-order valence-corrected chi connectivity index (χ3v) is 4.79. The van der Waals surface area contributed by atoms with Gasteiger partial charge in [0.15, 0.2) is 0 Å². The normalized spacial score (nSPS) is 11.7. The van der Waals surface area contributed by atoms with E-state index in [2.05, 4.69) is 4.98 Å². The van der Waals surface area contributed by atoms with Gasteiger partial charge in [0.25, 0.3) is 0 Å². The molecule has 0 saturated heterocycles. The molecule has 0 spiro atoms. The number of benzene rings is 1. The predicted molar refractivity (Wildman–Crippen MR) is 78.3 cm³/mol. The van der Waals surface area contributed by atoms with Gasteiger partial charge < -0.3 is 13.6 Å². The Balaban J connectivity index is 2.29. The van der Waals surface area contributed by atoms with Gasteiger partial charge in [0.2, 0.25) is 5.57 Å². The van der Waals surface area contributed by atoms with Crippen LogP contribution >= 0.6 is 7.60 Å². The zero-order valence-electron chi connectivity index (χ0n) is 11.7. The van der Waals surface area contributed by atoms with E-state index in [-0.39, 0.29) is 0 Å². The molecule has 1 aromatic carbocycles. The van der Waals surface area contributed by atoms with Gasteiger partial charge in [-0.25, -0.2) is 4.98 Å². The Morgan fingerprint density at radius 1 is 1.15 bits per heavy atom. The van der Waals surface area contributed by atoms with Crippen LogP contribution in [0.1, 0.15) is 19.4 Å². The molecule has 20 heavy (non-hydrogen) atoms.